The Bertz CT molecular complexity index is 1650. The molecule has 1 fully saturated rings. The van der Waals surface area contributed by atoms with Crippen molar-refractivity contribution < 1.29 is 17.9 Å². The van der Waals surface area contributed by atoms with Gasteiger partial charge in [0.2, 0.25) is 0 Å². The quantitative estimate of drug-likeness (QED) is 0.256. The van der Waals surface area contributed by atoms with Crippen molar-refractivity contribution >= 4 is 60.7 Å². The summed E-state index contributed by atoms with van der Waals surface area (Å²) in [5.41, 5.74) is 4.18. The maximum Gasteiger partial charge on any atom is 0.264 e. The Hall–Kier alpha value is -3.02. The summed E-state index contributed by atoms with van der Waals surface area (Å²) in [6.07, 6.45) is 2.43. The fraction of sp³-hybridized carbons (Fsp3) is 0.355. The molecule has 0 saturated carbocycles. The number of aryl methyl sites for hydroxylation is 2. The van der Waals surface area contributed by atoms with E-state index in [0.717, 1.165) is 79.1 Å². The van der Waals surface area contributed by atoms with E-state index in [0.29, 0.717) is 23.8 Å². The molecule has 4 aromatic rings. The van der Waals surface area contributed by atoms with Gasteiger partial charge in [-0.15, -0.1) is 12.4 Å². The Morgan fingerprint density at radius 2 is 1.76 bits per heavy atom. The standard InChI is InChI=1S/C31H34N4O4S2.ClH/c1-23-7-4-11-28-29(23)32-31(40-28)34(17-6-16-33-19-21-39-22-20-33)30(36)25-12-14-26(15-13-25)41(37,38)35-18-5-9-24-8-2-3-10-27(24)35;/h2-4,7-8,10-15H,5-6,9,16-22H2,1H3;1H. The SMILES string of the molecule is Cc1cccc2sc(N(CCCN3CCOCC3)C(=O)c3ccc(S(=O)(=O)N4CCCc5ccccc54)cc3)nc12.Cl. The second kappa shape index (κ2) is 13.1. The summed E-state index contributed by atoms with van der Waals surface area (Å²) in [7, 11) is -3.76. The summed E-state index contributed by atoms with van der Waals surface area (Å²) >= 11 is 1.51. The van der Waals surface area contributed by atoms with Gasteiger partial charge in [-0.2, -0.15) is 0 Å². The molecule has 0 bridgehead atoms. The number of fused-ring (bicyclic) bond motifs is 2. The lowest BCUT2D eigenvalue weighted by Gasteiger charge is -2.30. The van der Waals surface area contributed by atoms with Crippen LogP contribution in [-0.2, 0) is 21.2 Å². The van der Waals surface area contributed by atoms with Crippen molar-refractivity contribution in [2.75, 3.05) is 55.1 Å². The highest BCUT2D eigenvalue weighted by Gasteiger charge is 2.29. The predicted octanol–water partition coefficient (Wildman–Crippen LogP) is 5.54. The molecule has 0 unspecified atom stereocenters. The van der Waals surface area contributed by atoms with Crippen LogP contribution in [0.5, 0.6) is 0 Å². The summed E-state index contributed by atoms with van der Waals surface area (Å²) in [5.74, 6) is -0.184. The third kappa shape index (κ3) is 6.18. The largest absolute Gasteiger partial charge is 0.379 e. The van der Waals surface area contributed by atoms with Gasteiger partial charge in [-0.05, 0) is 73.7 Å². The first-order valence-electron chi connectivity index (χ1n) is 14.1. The van der Waals surface area contributed by atoms with Crippen LogP contribution in [0.25, 0.3) is 10.2 Å². The fourth-order valence-corrected chi connectivity index (χ4v) is 8.16. The molecule has 1 aromatic heterocycles. The Labute approximate surface area is 257 Å². The first kappa shape index (κ1) is 30.4. The van der Waals surface area contributed by atoms with Gasteiger partial charge in [-0.25, -0.2) is 13.4 Å². The summed E-state index contributed by atoms with van der Waals surface area (Å²) in [4.78, 5) is 23.0. The third-order valence-corrected chi connectivity index (χ3v) is 10.7. The number of anilines is 2. The van der Waals surface area contributed by atoms with Crippen LogP contribution in [-0.4, -0.2) is 70.1 Å². The first-order chi connectivity index (χ1) is 19.9. The second-order valence-electron chi connectivity index (χ2n) is 10.5. The van der Waals surface area contributed by atoms with Gasteiger partial charge in [-0.3, -0.25) is 18.9 Å². The highest BCUT2D eigenvalue weighted by molar-refractivity contribution is 7.92. The zero-order chi connectivity index (χ0) is 28.4. The lowest BCUT2D eigenvalue weighted by molar-refractivity contribution is 0.0376. The van der Waals surface area contributed by atoms with Crippen LogP contribution in [0, 0.1) is 6.92 Å². The van der Waals surface area contributed by atoms with Crippen molar-refractivity contribution in [2.45, 2.75) is 31.1 Å². The van der Waals surface area contributed by atoms with Crippen molar-refractivity contribution in [1.82, 2.24) is 9.88 Å². The number of rotatable bonds is 8. The van der Waals surface area contributed by atoms with Crippen LogP contribution in [0.3, 0.4) is 0 Å². The van der Waals surface area contributed by atoms with Crippen LogP contribution in [0.4, 0.5) is 10.8 Å². The van der Waals surface area contributed by atoms with E-state index < -0.39 is 10.0 Å². The number of halogens is 1. The van der Waals surface area contributed by atoms with Crippen LogP contribution in [0.2, 0.25) is 0 Å². The van der Waals surface area contributed by atoms with Gasteiger partial charge >= 0.3 is 0 Å². The normalized spacial score (nSPS) is 15.7. The van der Waals surface area contributed by atoms with Gasteiger partial charge in [0.1, 0.15) is 0 Å². The van der Waals surface area contributed by atoms with E-state index in [9.17, 15) is 13.2 Å². The van der Waals surface area contributed by atoms with Crippen molar-refractivity contribution in [3.63, 3.8) is 0 Å². The number of sulfonamides is 1. The maximum atomic E-state index is 13.9. The van der Waals surface area contributed by atoms with Crippen LogP contribution < -0.4 is 9.21 Å². The summed E-state index contributed by atoms with van der Waals surface area (Å²) in [5, 5.41) is 0.655. The van der Waals surface area contributed by atoms with E-state index in [-0.39, 0.29) is 23.2 Å². The van der Waals surface area contributed by atoms with Gasteiger partial charge < -0.3 is 4.74 Å². The number of thiazole rings is 1. The van der Waals surface area contributed by atoms with Crippen molar-refractivity contribution in [3.8, 4) is 0 Å². The topological polar surface area (TPSA) is 83.0 Å². The van der Waals surface area contributed by atoms with Gasteiger partial charge in [0, 0.05) is 38.3 Å². The average Bonchev–Trinajstić information content (AvgIpc) is 3.45. The number of nitrogens with zero attached hydrogens (tertiary/aromatic N) is 4. The molecular weight excluding hydrogens is 592 g/mol. The summed E-state index contributed by atoms with van der Waals surface area (Å²) in [6.45, 7) is 7.10. The molecule has 0 radical (unpaired) electrons. The van der Waals surface area contributed by atoms with Gasteiger partial charge in [-0.1, -0.05) is 41.7 Å². The van der Waals surface area contributed by atoms with Crippen molar-refractivity contribution in [3.05, 3.63) is 83.4 Å². The number of hydrogen-bond acceptors (Lipinski definition) is 7. The molecule has 3 aromatic carbocycles. The highest BCUT2D eigenvalue weighted by atomic mass is 35.5. The number of amides is 1. The molecule has 2 aliphatic rings. The Balaban J connectivity index is 0.00000353. The molecule has 222 valence electrons. The molecule has 3 heterocycles. The predicted molar refractivity (Wildman–Crippen MR) is 171 cm³/mol. The molecule has 11 heteroatoms. The van der Waals surface area contributed by atoms with Crippen LogP contribution in [0.1, 0.15) is 34.3 Å². The molecular formula is C31H35ClN4O4S2. The van der Waals surface area contributed by atoms with Crippen molar-refractivity contribution in [1.29, 1.82) is 0 Å². The molecule has 42 heavy (non-hydrogen) atoms. The second-order valence-corrected chi connectivity index (χ2v) is 13.4. The van der Waals surface area contributed by atoms with E-state index in [1.54, 1.807) is 29.2 Å². The highest BCUT2D eigenvalue weighted by Crippen LogP contribution is 2.33. The number of carbonyl (C=O) groups is 1. The lowest BCUT2D eigenvalue weighted by atomic mass is 10.0. The van der Waals surface area contributed by atoms with E-state index in [4.69, 9.17) is 9.72 Å². The average molecular weight is 627 g/mol. The number of hydrogen-bond donors (Lipinski definition) is 0. The number of para-hydroxylation sites is 2. The number of aromatic nitrogens is 1. The fourth-order valence-electron chi connectivity index (χ4n) is 5.55. The molecule has 6 rings (SSSR count). The molecule has 8 nitrogen and oxygen atoms in total. The minimum Gasteiger partial charge on any atom is -0.379 e. The third-order valence-electron chi connectivity index (χ3n) is 7.80. The van der Waals surface area contributed by atoms with Crippen LogP contribution in [0.15, 0.2) is 71.6 Å². The number of ether oxygens (including phenoxy) is 1. The smallest absolute Gasteiger partial charge is 0.264 e. The molecule has 0 spiro atoms. The minimum atomic E-state index is -3.76. The Kier molecular flexibility index (Phi) is 9.49. The van der Waals surface area contributed by atoms with Gasteiger partial charge in [0.15, 0.2) is 5.13 Å². The van der Waals surface area contributed by atoms with Gasteiger partial charge in [0.25, 0.3) is 15.9 Å². The monoisotopic (exact) mass is 626 g/mol. The molecule has 0 atom stereocenters. The number of morpholine rings is 1. The summed E-state index contributed by atoms with van der Waals surface area (Å²) < 4.78 is 35.2. The molecule has 1 saturated heterocycles. The van der Waals surface area contributed by atoms with E-state index >= 15 is 0 Å². The Morgan fingerprint density at radius 1 is 1.00 bits per heavy atom. The summed E-state index contributed by atoms with van der Waals surface area (Å²) in [6, 6.07) is 20.0. The van der Waals surface area contributed by atoms with Crippen molar-refractivity contribution in [2.24, 2.45) is 0 Å². The maximum absolute atomic E-state index is 13.9. The van der Waals surface area contributed by atoms with Crippen LogP contribution >= 0.6 is 23.7 Å². The molecule has 0 N–H and O–H groups in total. The zero-order valence-corrected chi connectivity index (χ0v) is 26.0. The lowest BCUT2D eigenvalue weighted by Crippen LogP contribution is -2.39. The van der Waals surface area contributed by atoms with Gasteiger partial charge in [0.05, 0.1) is 34.0 Å². The zero-order valence-electron chi connectivity index (χ0n) is 23.6. The minimum absolute atomic E-state index is 0. The number of benzene rings is 3. The van der Waals surface area contributed by atoms with E-state index in [2.05, 4.69) is 4.90 Å². The first-order valence-corrected chi connectivity index (χ1v) is 16.4. The molecule has 1 amide bonds. The number of carbonyl (C=O) groups excluding carboxylic acids is 1. The molecule has 0 aliphatic carbocycles. The van der Waals surface area contributed by atoms with E-state index in [1.807, 2.05) is 49.4 Å². The Morgan fingerprint density at radius 3 is 2.52 bits per heavy atom. The van der Waals surface area contributed by atoms with E-state index in [1.165, 1.54) is 15.6 Å². The molecule has 2 aliphatic heterocycles.